The van der Waals surface area contributed by atoms with Gasteiger partial charge in [-0.15, -0.1) is 0 Å². The van der Waals surface area contributed by atoms with Crippen molar-refractivity contribution in [2.75, 3.05) is 7.05 Å². The summed E-state index contributed by atoms with van der Waals surface area (Å²) in [5, 5.41) is -0.193. The van der Waals surface area contributed by atoms with Crippen molar-refractivity contribution in [2.24, 2.45) is 0 Å². The highest BCUT2D eigenvalue weighted by Crippen LogP contribution is 2.37. The first kappa shape index (κ1) is 18.7. The van der Waals surface area contributed by atoms with Crippen molar-refractivity contribution in [3.63, 3.8) is 0 Å². The fraction of sp³-hybridized carbons (Fsp3) is 0.267. The van der Waals surface area contributed by atoms with Gasteiger partial charge >= 0.3 is 6.18 Å². The van der Waals surface area contributed by atoms with Gasteiger partial charge in [-0.2, -0.15) is 17.5 Å². The molecule has 1 aromatic carbocycles. The maximum atomic E-state index is 13.2. The van der Waals surface area contributed by atoms with Gasteiger partial charge in [0.25, 0.3) is 0 Å². The van der Waals surface area contributed by atoms with E-state index in [2.05, 4.69) is 4.98 Å². The molecule has 0 fully saturated rings. The monoisotopic (exact) mass is 378 g/mol. The van der Waals surface area contributed by atoms with Crippen molar-refractivity contribution in [1.29, 1.82) is 0 Å². The van der Waals surface area contributed by atoms with E-state index in [1.54, 1.807) is 25.1 Å². The summed E-state index contributed by atoms with van der Waals surface area (Å²) in [6, 6.07) is 6.77. The molecule has 1 atom stereocenters. The van der Waals surface area contributed by atoms with Crippen molar-refractivity contribution in [2.45, 2.75) is 24.0 Å². The minimum Gasteiger partial charge on any atom is -0.260 e. The lowest BCUT2D eigenvalue weighted by molar-refractivity contribution is -0.139. The third-order valence-electron chi connectivity index (χ3n) is 3.57. The van der Waals surface area contributed by atoms with Crippen LogP contribution in [-0.4, -0.2) is 24.8 Å². The highest BCUT2D eigenvalue weighted by Gasteiger charge is 2.39. The van der Waals surface area contributed by atoms with E-state index < -0.39 is 32.7 Å². The Kier molecular flexibility index (Phi) is 5.22. The Labute approximate surface area is 142 Å². The number of rotatable bonds is 4. The molecule has 4 nitrogen and oxygen atoms in total. The molecule has 1 unspecified atom stereocenters. The summed E-state index contributed by atoms with van der Waals surface area (Å²) in [5.74, 6) is 0. The van der Waals surface area contributed by atoms with Gasteiger partial charge in [0.1, 0.15) is 0 Å². The zero-order valence-electron chi connectivity index (χ0n) is 12.7. The van der Waals surface area contributed by atoms with Crippen LogP contribution in [0.1, 0.15) is 24.2 Å². The van der Waals surface area contributed by atoms with Crippen LogP contribution in [0.3, 0.4) is 0 Å². The van der Waals surface area contributed by atoms with Crippen LogP contribution in [0.15, 0.2) is 47.5 Å². The average Bonchev–Trinajstić information content (AvgIpc) is 2.53. The van der Waals surface area contributed by atoms with Crippen molar-refractivity contribution in [3.05, 3.63) is 58.9 Å². The first-order chi connectivity index (χ1) is 11.0. The Morgan fingerprint density at radius 3 is 2.42 bits per heavy atom. The fourth-order valence-corrected chi connectivity index (χ4v) is 3.82. The second kappa shape index (κ2) is 6.70. The first-order valence-electron chi connectivity index (χ1n) is 6.81. The van der Waals surface area contributed by atoms with Crippen LogP contribution in [0.4, 0.5) is 13.2 Å². The van der Waals surface area contributed by atoms with Crippen LogP contribution in [0.2, 0.25) is 5.02 Å². The maximum Gasteiger partial charge on any atom is 0.417 e. The zero-order chi connectivity index (χ0) is 18.1. The molecule has 0 saturated carbocycles. The van der Waals surface area contributed by atoms with Gasteiger partial charge in [0, 0.05) is 18.3 Å². The predicted octanol–water partition coefficient (Wildman–Crippen LogP) is 4.14. The minimum atomic E-state index is -4.84. The summed E-state index contributed by atoms with van der Waals surface area (Å²) in [7, 11) is -3.19. The molecule has 0 bridgehead atoms. The summed E-state index contributed by atoms with van der Waals surface area (Å²) in [6.07, 6.45) is -3.36. The van der Waals surface area contributed by atoms with Gasteiger partial charge in [0.2, 0.25) is 10.0 Å². The summed E-state index contributed by atoms with van der Waals surface area (Å²) in [5.41, 5.74) is -0.874. The normalized spacial score (nSPS) is 14.0. The maximum absolute atomic E-state index is 13.2. The number of hydrogen-bond donors (Lipinski definition) is 0. The Balaban J connectivity index is 2.51. The molecule has 1 heterocycles. The molecule has 0 spiro atoms. The Morgan fingerprint density at radius 1 is 1.21 bits per heavy atom. The number of alkyl halides is 3. The van der Waals surface area contributed by atoms with Crippen molar-refractivity contribution in [3.8, 4) is 0 Å². The third kappa shape index (κ3) is 3.71. The number of sulfonamides is 1. The zero-order valence-corrected chi connectivity index (χ0v) is 14.3. The van der Waals surface area contributed by atoms with Gasteiger partial charge < -0.3 is 0 Å². The van der Waals surface area contributed by atoms with E-state index in [0.717, 1.165) is 16.4 Å². The number of aromatic nitrogens is 1. The van der Waals surface area contributed by atoms with Crippen molar-refractivity contribution < 1.29 is 21.6 Å². The fourth-order valence-electron chi connectivity index (χ4n) is 2.12. The molecule has 0 aliphatic heterocycles. The molecule has 0 aliphatic rings. The summed E-state index contributed by atoms with van der Waals surface area (Å²) in [6.45, 7) is 1.54. The molecule has 0 radical (unpaired) electrons. The molecular formula is C15H14ClF3N2O2S. The van der Waals surface area contributed by atoms with Crippen LogP contribution in [0.25, 0.3) is 0 Å². The standard InChI is InChI=1S/C15H14ClF3N2O2S/c1-10(13-5-3-4-8-20-13)21(2)24(22,23)14-7-6-11(16)9-12(14)15(17,18)19/h3-10H,1-2H3. The summed E-state index contributed by atoms with van der Waals surface area (Å²) < 4.78 is 65.8. The number of nitrogens with zero attached hydrogens (tertiary/aromatic N) is 2. The number of pyridine rings is 1. The lowest BCUT2D eigenvalue weighted by atomic mass is 10.2. The van der Waals surface area contributed by atoms with Crippen LogP contribution in [0, 0.1) is 0 Å². The molecule has 24 heavy (non-hydrogen) atoms. The second-order valence-corrected chi connectivity index (χ2v) is 7.49. The predicted molar refractivity (Wildman–Crippen MR) is 84.1 cm³/mol. The van der Waals surface area contributed by atoms with Gasteiger partial charge in [-0.05, 0) is 37.3 Å². The van der Waals surface area contributed by atoms with Gasteiger partial charge in [-0.1, -0.05) is 17.7 Å². The topological polar surface area (TPSA) is 50.3 Å². The van der Waals surface area contributed by atoms with Crippen molar-refractivity contribution in [1.82, 2.24) is 9.29 Å². The molecule has 1 aromatic heterocycles. The Hall–Kier alpha value is -1.64. The first-order valence-corrected chi connectivity index (χ1v) is 8.62. The Morgan fingerprint density at radius 2 is 1.88 bits per heavy atom. The summed E-state index contributed by atoms with van der Waals surface area (Å²) in [4.78, 5) is 3.20. The van der Waals surface area contributed by atoms with E-state index in [-0.39, 0.29) is 5.02 Å². The van der Waals surface area contributed by atoms with Crippen LogP contribution < -0.4 is 0 Å². The highest BCUT2D eigenvalue weighted by atomic mass is 35.5. The SMILES string of the molecule is CC(c1ccccn1)N(C)S(=O)(=O)c1ccc(Cl)cc1C(F)(F)F. The highest BCUT2D eigenvalue weighted by molar-refractivity contribution is 7.89. The molecule has 9 heteroatoms. The molecular weight excluding hydrogens is 365 g/mol. The van der Waals surface area contributed by atoms with Gasteiger partial charge in [-0.3, -0.25) is 4.98 Å². The van der Waals surface area contributed by atoms with E-state index in [9.17, 15) is 21.6 Å². The number of halogens is 4. The lowest BCUT2D eigenvalue weighted by Gasteiger charge is -2.25. The number of benzene rings is 1. The number of hydrogen-bond acceptors (Lipinski definition) is 3. The summed E-state index contributed by atoms with van der Waals surface area (Å²) >= 11 is 5.59. The molecule has 0 saturated heterocycles. The van der Waals surface area contributed by atoms with E-state index in [0.29, 0.717) is 11.8 Å². The molecule has 2 rings (SSSR count). The van der Waals surface area contributed by atoms with Gasteiger partial charge in [0.05, 0.1) is 22.2 Å². The second-order valence-electron chi connectivity index (χ2n) is 5.09. The van der Waals surface area contributed by atoms with Crippen molar-refractivity contribution >= 4 is 21.6 Å². The molecule has 0 N–H and O–H groups in total. The third-order valence-corrected chi connectivity index (χ3v) is 5.79. The average molecular weight is 379 g/mol. The van der Waals surface area contributed by atoms with E-state index >= 15 is 0 Å². The van der Waals surface area contributed by atoms with E-state index in [1.807, 2.05) is 0 Å². The largest absolute Gasteiger partial charge is 0.417 e. The molecule has 130 valence electrons. The van der Waals surface area contributed by atoms with E-state index in [1.165, 1.54) is 13.2 Å². The minimum absolute atomic E-state index is 0.193. The molecule has 0 aliphatic carbocycles. The van der Waals surface area contributed by atoms with E-state index in [4.69, 9.17) is 11.6 Å². The Bertz CT molecular complexity index is 826. The quantitative estimate of drug-likeness (QED) is 0.803. The van der Waals surface area contributed by atoms with Crippen LogP contribution >= 0.6 is 11.6 Å². The smallest absolute Gasteiger partial charge is 0.260 e. The van der Waals surface area contributed by atoms with Gasteiger partial charge in [0.15, 0.2) is 0 Å². The van der Waals surface area contributed by atoms with Gasteiger partial charge in [-0.25, -0.2) is 8.42 Å². The lowest BCUT2D eigenvalue weighted by Crippen LogP contribution is -2.31. The van der Waals surface area contributed by atoms with Crippen LogP contribution in [0.5, 0.6) is 0 Å². The van der Waals surface area contributed by atoms with Crippen LogP contribution in [-0.2, 0) is 16.2 Å². The molecule has 0 amide bonds. The molecule has 2 aromatic rings.